The first-order valence-corrected chi connectivity index (χ1v) is 20.6. The lowest BCUT2D eigenvalue weighted by Crippen LogP contribution is -2.24. The minimum atomic E-state index is -1.25. The molecule has 1 aliphatic heterocycles. The minimum Gasteiger partial charge on any atom is -0.455 e. The molecule has 1 N–H and O–H groups in total. The Labute approximate surface area is 279 Å². The molecular formula is C37H47ClN4O3Si. The summed E-state index contributed by atoms with van der Waals surface area (Å²) in [4.78, 5) is 19.2. The van der Waals surface area contributed by atoms with E-state index in [1.807, 2.05) is 12.1 Å². The summed E-state index contributed by atoms with van der Waals surface area (Å²) >= 11 is 6.72. The summed E-state index contributed by atoms with van der Waals surface area (Å²) in [6, 6.07) is 19.2. The van der Waals surface area contributed by atoms with Gasteiger partial charge >= 0.3 is 0 Å². The van der Waals surface area contributed by atoms with Gasteiger partial charge in [-0.1, -0.05) is 75.8 Å². The van der Waals surface area contributed by atoms with E-state index in [1.165, 1.54) is 43.9 Å². The van der Waals surface area contributed by atoms with E-state index in [2.05, 4.69) is 78.3 Å². The first kappa shape index (κ1) is 33.8. The Morgan fingerprint density at radius 3 is 2.67 bits per heavy atom. The Kier molecular flexibility index (Phi) is 11.3. The highest BCUT2D eigenvalue weighted by molar-refractivity contribution is 6.76. The number of hydrogen-bond acceptors (Lipinski definition) is 5. The molecule has 46 heavy (non-hydrogen) atoms. The van der Waals surface area contributed by atoms with Crippen molar-refractivity contribution < 1.29 is 14.3 Å². The normalized spacial score (nSPS) is 15.5. The Bertz CT molecular complexity index is 1650. The lowest BCUT2D eigenvalue weighted by Gasteiger charge is -2.23. The number of anilines is 2. The van der Waals surface area contributed by atoms with Gasteiger partial charge in [0.05, 0.1) is 17.3 Å². The average Bonchev–Trinajstić information content (AvgIpc) is 3.23. The van der Waals surface area contributed by atoms with Crippen molar-refractivity contribution in [2.75, 3.05) is 29.9 Å². The van der Waals surface area contributed by atoms with Gasteiger partial charge in [0.2, 0.25) is 5.91 Å². The summed E-state index contributed by atoms with van der Waals surface area (Å²) < 4.78 is 14.8. The van der Waals surface area contributed by atoms with Crippen LogP contribution >= 0.6 is 11.6 Å². The van der Waals surface area contributed by atoms with E-state index in [1.54, 1.807) is 18.3 Å². The number of fused-ring (bicyclic) bond motifs is 1. The molecule has 5 rings (SSSR count). The van der Waals surface area contributed by atoms with Crippen LogP contribution in [0.15, 0.2) is 73.4 Å². The number of amides is 1. The van der Waals surface area contributed by atoms with E-state index in [9.17, 15) is 4.79 Å². The average molecular weight is 659 g/mol. The zero-order valence-electron chi connectivity index (χ0n) is 27.7. The van der Waals surface area contributed by atoms with E-state index >= 15 is 0 Å². The van der Waals surface area contributed by atoms with Crippen LogP contribution in [-0.2, 0) is 16.3 Å². The molecule has 1 atom stereocenters. The summed E-state index contributed by atoms with van der Waals surface area (Å²) in [7, 11) is -1.25. The molecule has 244 valence electrons. The highest BCUT2D eigenvalue weighted by Crippen LogP contribution is 2.40. The molecule has 7 nitrogen and oxygen atoms in total. The number of rotatable bonds is 13. The van der Waals surface area contributed by atoms with Crippen molar-refractivity contribution in [1.82, 2.24) is 9.55 Å². The monoisotopic (exact) mass is 658 g/mol. The van der Waals surface area contributed by atoms with Gasteiger partial charge in [0.25, 0.3) is 0 Å². The van der Waals surface area contributed by atoms with Crippen molar-refractivity contribution in [3.05, 3.63) is 78.5 Å². The van der Waals surface area contributed by atoms with Gasteiger partial charge in [-0.05, 0) is 73.2 Å². The van der Waals surface area contributed by atoms with E-state index in [0.717, 1.165) is 47.3 Å². The first-order chi connectivity index (χ1) is 22.1. The molecule has 1 aliphatic rings. The first-order valence-electron chi connectivity index (χ1n) is 16.5. The molecule has 1 amide bonds. The van der Waals surface area contributed by atoms with Gasteiger partial charge in [0.1, 0.15) is 23.2 Å². The molecule has 0 saturated carbocycles. The van der Waals surface area contributed by atoms with E-state index in [0.29, 0.717) is 35.5 Å². The molecule has 9 heteroatoms. The van der Waals surface area contributed by atoms with Gasteiger partial charge in [-0.2, -0.15) is 0 Å². The predicted octanol–water partition coefficient (Wildman–Crippen LogP) is 9.99. The minimum absolute atomic E-state index is 0.292. The molecule has 1 unspecified atom stereocenters. The van der Waals surface area contributed by atoms with Crippen LogP contribution in [0.3, 0.4) is 0 Å². The second kappa shape index (κ2) is 15.3. The van der Waals surface area contributed by atoms with Crippen LogP contribution in [0.2, 0.25) is 30.7 Å². The van der Waals surface area contributed by atoms with Crippen molar-refractivity contribution in [3.63, 3.8) is 0 Å². The van der Waals surface area contributed by atoms with Gasteiger partial charge in [-0.15, -0.1) is 0 Å². The van der Waals surface area contributed by atoms with Crippen LogP contribution in [0.4, 0.5) is 11.4 Å². The molecule has 2 aromatic heterocycles. The molecule has 1 fully saturated rings. The Morgan fingerprint density at radius 1 is 1.13 bits per heavy atom. The number of aromatic nitrogens is 2. The standard InChI is InChI=1S/C37H47ClN4O3Si/c1-6-10-27-11-9-19-41(20-18-27)30-16-14-28(15-17-30)34-24-32-36(45-31-13-8-12-29(23-31)40-35(43)7-2)33(38)25-39-37(32)42(34)26-44-21-22-46(3,4)5/h7-8,12-17,23-25,27H,2,6,9-11,18-22,26H2,1,3-5H3,(H,40,43). The molecule has 0 spiro atoms. The van der Waals surface area contributed by atoms with Crippen LogP contribution in [-0.4, -0.2) is 43.2 Å². The van der Waals surface area contributed by atoms with Crippen molar-refractivity contribution in [3.8, 4) is 22.8 Å². The highest BCUT2D eigenvalue weighted by Gasteiger charge is 2.21. The van der Waals surface area contributed by atoms with Gasteiger partial charge in [-0.3, -0.25) is 4.79 Å². The number of pyridine rings is 1. The van der Waals surface area contributed by atoms with Gasteiger partial charge in [0, 0.05) is 45.2 Å². The van der Waals surface area contributed by atoms with Crippen molar-refractivity contribution in [1.29, 1.82) is 0 Å². The highest BCUT2D eigenvalue weighted by atomic mass is 35.5. The van der Waals surface area contributed by atoms with Crippen molar-refractivity contribution in [2.24, 2.45) is 5.92 Å². The smallest absolute Gasteiger partial charge is 0.247 e. The Morgan fingerprint density at radius 2 is 1.93 bits per heavy atom. The van der Waals surface area contributed by atoms with Crippen LogP contribution in [0, 0.1) is 5.92 Å². The zero-order chi connectivity index (χ0) is 32.7. The quantitative estimate of drug-likeness (QED) is 0.0880. The Balaban J connectivity index is 1.47. The number of halogens is 1. The maximum Gasteiger partial charge on any atom is 0.247 e. The number of hydrogen-bond donors (Lipinski definition) is 1. The topological polar surface area (TPSA) is 68.6 Å². The molecule has 1 saturated heterocycles. The van der Waals surface area contributed by atoms with E-state index < -0.39 is 8.07 Å². The molecule has 3 heterocycles. The molecule has 4 aromatic rings. The van der Waals surface area contributed by atoms with Crippen LogP contribution in [0.5, 0.6) is 11.5 Å². The molecule has 2 aromatic carbocycles. The number of nitrogens with one attached hydrogen (secondary N) is 1. The second-order valence-electron chi connectivity index (χ2n) is 13.4. The molecule has 0 aliphatic carbocycles. The number of ether oxygens (including phenoxy) is 2. The predicted molar refractivity (Wildman–Crippen MR) is 194 cm³/mol. The summed E-state index contributed by atoms with van der Waals surface area (Å²) in [5.74, 6) is 1.60. The van der Waals surface area contributed by atoms with Gasteiger partial charge in [0.15, 0.2) is 5.75 Å². The van der Waals surface area contributed by atoms with Gasteiger partial charge < -0.3 is 24.3 Å². The Hall–Kier alpha value is -3.59. The number of benzene rings is 2. The van der Waals surface area contributed by atoms with E-state index in [4.69, 9.17) is 26.1 Å². The fourth-order valence-corrected chi connectivity index (χ4v) is 7.02. The fraction of sp³-hybridized carbons (Fsp3) is 0.405. The molecule has 0 bridgehead atoms. The third-order valence-corrected chi connectivity index (χ3v) is 10.6. The largest absolute Gasteiger partial charge is 0.455 e. The number of nitrogens with zero attached hydrogens (tertiary/aromatic N) is 3. The summed E-state index contributed by atoms with van der Waals surface area (Å²) in [5.41, 5.74) is 4.66. The third-order valence-electron chi connectivity index (χ3n) is 8.63. The summed E-state index contributed by atoms with van der Waals surface area (Å²) in [6.45, 7) is 16.2. The van der Waals surface area contributed by atoms with Crippen molar-refractivity contribution >= 4 is 48.0 Å². The SMILES string of the molecule is C=CC(=O)Nc1cccc(Oc2c(Cl)cnc3c2cc(-c2ccc(N4CCCC(CCC)CC4)cc2)n3COCC[Si](C)(C)C)c1. The second-order valence-corrected chi connectivity index (χ2v) is 19.4. The van der Waals surface area contributed by atoms with Crippen molar-refractivity contribution in [2.45, 2.75) is 71.4 Å². The lowest BCUT2D eigenvalue weighted by atomic mass is 9.96. The summed E-state index contributed by atoms with van der Waals surface area (Å²) in [6.07, 6.45) is 9.29. The van der Waals surface area contributed by atoms with Crippen LogP contribution in [0.25, 0.3) is 22.3 Å². The third kappa shape index (κ3) is 8.60. The van der Waals surface area contributed by atoms with Gasteiger partial charge in [-0.25, -0.2) is 4.98 Å². The number of carbonyl (C=O) groups is 1. The molecular weight excluding hydrogens is 612 g/mol. The maximum atomic E-state index is 11.9. The molecule has 0 radical (unpaired) electrons. The fourth-order valence-electron chi connectivity index (χ4n) is 6.07. The lowest BCUT2D eigenvalue weighted by molar-refractivity contribution is -0.111. The maximum absolute atomic E-state index is 11.9. The van der Waals surface area contributed by atoms with E-state index in [-0.39, 0.29) is 5.91 Å². The summed E-state index contributed by atoms with van der Waals surface area (Å²) in [5, 5.41) is 3.96. The van der Waals surface area contributed by atoms with Crippen LogP contribution < -0.4 is 15.0 Å². The zero-order valence-corrected chi connectivity index (χ0v) is 29.4. The van der Waals surface area contributed by atoms with Crippen LogP contribution in [0.1, 0.15) is 39.0 Å². The number of carbonyl (C=O) groups excluding carboxylic acids is 1.